The van der Waals surface area contributed by atoms with Crippen LogP contribution in [0.3, 0.4) is 0 Å². The Bertz CT molecular complexity index is 3180. The highest BCUT2D eigenvalue weighted by Gasteiger charge is 2.18. The van der Waals surface area contributed by atoms with E-state index in [1.54, 1.807) is 0 Å². The predicted molar refractivity (Wildman–Crippen MR) is 229 cm³/mol. The Kier molecular flexibility index (Phi) is 7.42. The highest BCUT2D eigenvalue weighted by molar-refractivity contribution is 6.13. The number of hydrogen-bond acceptors (Lipinski definition) is 4. The highest BCUT2D eigenvalue weighted by atomic mass is 16.3. The summed E-state index contributed by atoms with van der Waals surface area (Å²) >= 11 is 0. The van der Waals surface area contributed by atoms with Crippen molar-refractivity contribution in [1.29, 1.82) is 0 Å². The molecular weight excluding hydrogens is 685 g/mol. The van der Waals surface area contributed by atoms with E-state index >= 15 is 0 Å². The van der Waals surface area contributed by atoms with Gasteiger partial charge in [-0.25, -0.2) is 4.98 Å². The summed E-state index contributed by atoms with van der Waals surface area (Å²) in [4.78, 5) is 15.2. The van der Waals surface area contributed by atoms with Gasteiger partial charge in [-0.3, -0.25) is 4.57 Å². The van der Waals surface area contributed by atoms with Crippen LogP contribution in [0.5, 0.6) is 0 Å². The van der Waals surface area contributed by atoms with Gasteiger partial charge >= 0.3 is 0 Å². The number of fused-ring (bicyclic) bond motifs is 6. The molecular formula is C51H32N4O. The van der Waals surface area contributed by atoms with Crippen molar-refractivity contribution in [3.8, 4) is 62.1 Å². The summed E-state index contributed by atoms with van der Waals surface area (Å²) in [5.74, 6) is 1.83. The van der Waals surface area contributed by atoms with Crippen molar-refractivity contribution in [3.05, 3.63) is 194 Å². The smallest absolute Gasteiger partial charge is 0.238 e. The molecule has 0 fully saturated rings. The van der Waals surface area contributed by atoms with Crippen LogP contribution < -0.4 is 0 Å². The van der Waals surface area contributed by atoms with Gasteiger partial charge in [0.2, 0.25) is 5.95 Å². The van der Waals surface area contributed by atoms with Crippen molar-refractivity contribution in [2.24, 2.45) is 0 Å². The third kappa shape index (κ3) is 5.37. The molecule has 0 aliphatic heterocycles. The van der Waals surface area contributed by atoms with Gasteiger partial charge in [0.25, 0.3) is 0 Å². The van der Waals surface area contributed by atoms with Gasteiger partial charge in [0.1, 0.15) is 11.2 Å². The van der Waals surface area contributed by atoms with Crippen LogP contribution in [0, 0.1) is 0 Å². The van der Waals surface area contributed by atoms with Crippen LogP contribution in [0.4, 0.5) is 0 Å². The van der Waals surface area contributed by atoms with Gasteiger partial charge in [0.05, 0.1) is 11.0 Å². The van der Waals surface area contributed by atoms with Crippen LogP contribution in [0.2, 0.25) is 0 Å². The Morgan fingerprint density at radius 3 is 1.55 bits per heavy atom. The van der Waals surface area contributed by atoms with E-state index in [9.17, 15) is 0 Å². The third-order valence-electron chi connectivity index (χ3n) is 10.7. The molecule has 0 unspecified atom stereocenters. The summed E-state index contributed by atoms with van der Waals surface area (Å²) in [6, 6.07) is 67.4. The number of nitrogens with zero attached hydrogens (tertiary/aromatic N) is 4. The Morgan fingerprint density at radius 2 is 0.857 bits per heavy atom. The number of hydrogen-bond donors (Lipinski definition) is 0. The lowest BCUT2D eigenvalue weighted by Crippen LogP contribution is -2.06. The summed E-state index contributed by atoms with van der Waals surface area (Å²) < 4.78 is 8.59. The number of para-hydroxylation sites is 2. The molecule has 11 aromatic rings. The lowest BCUT2D eigenvalue weighted by atomic mass is 9.96. The second-order valence-electron chi connectivity index (χ2n) is 14.0. The Balaban J connectivity index is 0.966. The maximum atomic E-state index is 6.44. The largest absolute Gasteiger partial charge is 0.456 e. The first-order chi connectivity index (χ1) is 27.7. The van der Waals surface area contributed by atoms with Crippen molar-refractivity contribution in [1.82, 2.24) is 19.5 Å². The molecule has 0 spiro atoms. The molecule has 0 bridgehead atoms. The third-order valence-corrected chi connectivity index (χ3v) is 10.7. The molecule has 0 radical (unpaired) electrons. The van der Waals surface area contributed by atoms with Gasteiger partial charge in [-0.2, -0.15) is 9.97 Å². The van der Waals surface area contributed by atoms with Crippen molar-refractivity contribution in [3.63, 3.8) is 0 Å². The van der Waals surface area contributed by atoms with Gasteiger partial charge in [-0.05, 0) is 69.8 Å². The van der Waals surface area contributed by atoms with Gasteiger partial charge in [-0.1, -0.05) is 158 Å². The fourth-order valence-corrected chi connectivity index (χ4v) is 8.00. The van der Waals surface area contributed by atoms with E-state index in [1.165, 1.54) is 11.1 Å². The van der Waals surface area contributed by atoms with E-state index in [0.717, 1.165) is 77.1 Å². The van der Waals surface area contributed by atoms with Crippen molar-refractivity contribution < 1.29 is 4.42 Å². The minimum Gasteiger partial charge on any atom is -0.456 e. The fourth-order valence-electron chi connectivity index (χ4n) is 8.00. The topological polar surface area (TPSA) is 56.7 Å². The average molecular weight is 717 g/mol. The molecule has 0 amide bonds. The van der Waals surface area contributed by atoms with Crippen LogP contribution in [0.25, 0.3) is 106 Å². The van der Waals surface area contributed by atoms with E-state index in [2.05, 4.69) is 162 Å². The Labute approximate surface area is 322 Å². The first kappa shape index (κ1) is 31.9. The van der Waals surface area contributed by atoms with E-state index in [-0.39, 0.29) is 0 Å². The highest BCUT2D eigenvalue weighted by Crippen LogP contribution is 2.39. The molecule has 0 aliphatic rings. The maximum Gasteiger partial charge on any atom is 0.238 e. The second-order valence-corrected chi connectivity index (χ2v) is 14.0. The van der Waals surface area contributed by atoms with Crippen LogP contribution in [0.15, 0.2) is 199 Å². The molecule has 262 valence electrons. The quantitative estimate of drug-likeness (QED) is 0.172. The minimum absolute atomic E-state index is 0.584. The minimum atomic E-state index is 0.584. The number of rotatable bonds is 6. The van der Waals surface area contributed by atoms with E-state index < -0.39 is 0 Å². The van der Waals surface area contributed by atoms with E-state index in [0.29, 0.717) is 17.6 Å². The number of aromatic nitrogens is 4. The zero-order valence-electron chi connectivity index (χ0n) is 30.2. The molecule has 5 heteroatoms. The van der Waals surface area contributed by atoms with Gasteiger partial charge < -0.3 is 4.42 Å². The van der Waals surface area contributed by atoms with E-state index in [4.69, 9.17) is 19.4 Å². The molecule has 3 aromatic heterocycles. The normalized spacial score (nSPS) is 11.6. The molecule has 0 N–H and O–H groups in total. The van der Waals surface area contributed by atoms with Crippen LogP contribution in [-0.4, -0.2) is 19.5 Å². The fraction of sp³-hybridized carbons (Fsp3) is 0. The van der Waals surface area contributed by atoms with Crippen molar-refractivity contribution in [2.45, 2.75) is 0 Å². The molecule has 0 aliphatic carbocycles. The first-order valence-electron chi connectivity index (χ1n) is 18.8. The molecule has 11 rings (SSSR count). The predicted octanol–water partition coefficient (Wildman–Crippen LogP) is 13.2. The summed E-state index contributed by atoms with van der Waals surface area (Å²) in [6.45, 7) is 0. The van der Waals surface area contributed by atoms with Crippen LogP contribution in [-0.2, 0) is 0 Å². The van der Waals surface area contributed by atoms with E-state index in [1.807, 2.05) is 36.4 Å². The lowest BCUT2D eigenvalue weighted by molar-refractivity contribution is 0.669. The van der Waals surface area contributed by atoms with Gasteiger partial charge in [0, 0.05) is 32.7 Å². The molecule has 8 aromatic carbocycles. The van der Waals surface area contributed by atoms with Crippen molar-refractivity contribution in [2.75, 3.05) is 0 Å². The second kappa shape index (κ2) is 13.0. The summed E-state index contributed by atoms with van der Waals surface area (Å²) in [6.07, 6.45) is 0. The maximum absolute atomic E-state index is 6.44. The summed E-state index contributed by atoms with van der Waals surface area (Å²) in [7, 11) is 0. The summed E-state index contributed by atoms with van der Waals surface area (Å²) in [5.41, 5.74) is 12.5. The number of furan rings is 1. The average Bonchev–Trinajstić information content (AvgIpc) is 3.83. The Hall–Kier alpha value is -7.63. The molecule has 0 saturated carbocycles. The van der Waals surface area contributed by atoms with Crippen LogP contribution >= 0.6 is 0 Å². The van der Waals surface area contributed by atoms with Gasteiger partial charge in [-0.15, -0.1) is 0 Å². The monoisotopic (exact) mass is 716 g/mol. The molecule has 56 heavy (non-hydrogen) atoms. The Morgan fingerprint density at radius 1 is 0.339 bits per heavy atom. The molecule has 0 saturated heterocycles. The SMILES string of the molecule is c1ccc(-c2nc(-c3ccc(-c4cccc(-c5ccc6c(c5)oc5cccc(-c7ccccc7)c56)c4)cc3)nc(-n3c4ccccc4c4ccccc43)n2)cc1. The summed E-state index contributed by atoms with van der Waals surface area (Å²) in [5, 5.41) is 4.58. The van der Waals surface area contributed by atoms with Crippen molar-refractivity contribution >= 4 is 43.7 Å². The number of benzene rings is 8. The zero-order chi connectivity index (χ0) is 37.0. The van der Waals surface area contributed by atoms with Gasteiger partial charge in [0.15, 0.2) is 11.6 Å². The molecule has 5 nitrogen and oxygen atoms in total. The molecule has 0 atom stereocenters. The zero-order valence-corrected chi connectivity index (χ0v) is 30.2. The van der Waals surface area contributed by atoms with Crippen LogP contribution in [0.1, 0.15) is 0 Å². The lowest BCUT2D eigenvalue weighted by Gasteiger charge is -2.11. The first-order valence-corrected chi connectivity index (χ1v) is 18.8. The standard InChI is InChI=1S/C51H32N4O/c1-3-13-34(14-4-1)40-21-12-24-46-48(40)43-30-29-39(32-47(43)56-46)38-18-11-17-37(31-38)33-25-27-36(28-26-33)50-52-49(35-15-5-2-6-16-35)53-51(54-50)55-44-22-9-7-19-41(44)42-20-8-10-23-45(42)55/h1-32H. The molecule has 3 heterocycles.